The molecule has 3 N–H and O–H groups in total. The maximum atomic E-state index is 11.5. The molecule has 0 fully saturated rings. The Balaban J connectivity index is 1.99. The molecule has 0 saturated heterocycles. The SMILES string of the molecule is Cc1cc(Cc2c(C)c(Cc3cc(C)c(O)c(C(C)(C)C)c3)c(C)c(Cc3cc(C(C)(C)C)c(O)c(C(C)(C)C)c3)c2C)cc(C)c1O. The van der Waals surface area contributed by atoms with Crippen LogP contribution in [0.1, 0.15) is 146 Å². The van der Waals surface area contributed by atoms with Gasteiger partial charge in [0.05, 0.1) is 0 Å². The van der Waals surface area contributed by atoms with Crippen molar-refractivity contribution in [3.05, 3.63) is 120 Å². The summed E-state index contributed by atoms with van der Waals surface area (Å²) in [4.78, 5) is 0. The Morgan fingerprint density at radius 2 is 0.625 bits per heavy atom. The standard InChI is InChI=1S/C45H60O3/c1-25-16-31(17-26(2)40(25)46)19-34-28(4)35(20-32-18-27(3)41(47)37(22-32)43(7,8)9)30(6)36(29(34)5)21-33-23-38(44(10,11)12)42(48)39(24-33)45(13,14)15/h16-18,22-24,46-48H,19-21H2,1-15H3. The molecule has 0 heterocycles. The number of phenolic OH excluding ortho intramolecular Hbond substituents is 3. The van der Waals surface area contributed by atoms with Gasteiger partial charge in [-0.3, -0.25) is 0 Å². The predicted octanol–water partition coefficient (Wildman–Crippen LogP) is 11.3. The van der Waals surface area contributed by atoms with Gasteiger partial charge in [0.2, 0.25) is 0 Å². The summed E-state index contributed by atoms with van der Waals surface area (Å²) in [6, 6.07) is 13.0. The lowest BCUT2D eigenvalue weighted by atomic mass is 9.76. The van der Waals surface area contributed by atoms with Gasteiger partial charge >= 0.3 is 0 Å². The molecule has 4 aromatic carbocycles. The molecule has 0 aliphatic carbocycles. The van der Waals surface area contributed by atoms with Crippen LogP contribution in [0.15, 0.2) is 36.4 Å². The fraction of sp³-hybridized carbons (Fsp3) is 0.467. The second kappa shape index (κ2) is 13.0. The lowest BCUT2D eigenvalue weighted by molar-refractivity contribution is 0.422. The van der Waals surface area contributed by atoms with Crippen LogP contribution in [0, 0.1) is 41.5 Å². The molecule has 0 aromatic heterocycles. The van der Waals surface area contributed by atoms with Crippen molar-refractivity contribution in [2.24, 2.45) is 0 Å². The van der Waals surface area contributed by atoms with Gasteiger partial charge in [-0.1, -0.05) is 98.7 Å². The zero-order valence-corrected chi connectivity index (χ0v) is 32.4. The van der Waals surface area contributed by atoms with Crippen molar-refractivity contribution in [1.82, 2.24) is 0 Å². The van der Waals surface area contributed by atoms with Gasteiger partial charge in [-0.2, -0.15) is 0 Å². The Morgan fingerprint density at radius 3 is 0.938 bits per heavy atom. The van der Waals surface area contributed by atoms with Crippen LogP contribution >= 0.6 is 0 Å². The largest absolute Gasteiger partial charge is 0.507 e. The highest BCUT2D eigenvalue weighted by molar-refractivity contribution is 5.58. The minimum absolute atomic E-state index is 0.179. The molecule has 0 radical (unpaired) electrons. The van der Waals surface area contributed by atoms with Crippen molar-refractivity contribution in [3.8, 4) is 17.2 Å². The van der Waals surface area contributed by atoms with E-state index >= 15 is 0 Å². The summed E-state index contributed by atoms with van der Waals surface area (Å²) in [7, 11) is 0. The number of benzene rings is 4. The van der Waals surface area contributed by atoms with Crippen LogP contribution in [0.4, 0.5) is 0 Å². The first kappa shape index (κ1) is 37.1. The topological polar surface area (TPSA) is 60.7 Å². The second-order valence-electron chi connectivity index (χ2n) is 17.5. The average molecular weight is 649 g/mol. The van der Waals surface area contributed by atoms with Crippen molar-refractivity contribution in [2.45, 2.75) is 139 Å². The van der Waals surface area contributed by atoms with Crippen LogP contribution in [-0.2, 0) is 35.5 Å². The van der Waals surface area contributed by atoms with Crippen molar-refractivity contribution in [3.63, 3.8) is 0 Å². The maximum absolute atomic E-state index is 11.5. The highest BCUT2D eigenvalue weighted by Gasteiger charge is 2.28. The van der Waals surface area contributed by atoms with E-state index in [1.165, 1.54) is 50.1 Å². The van der Waals surface area contributed by atoms with Crippen LogP contribution in [-0.4, -0.2) is 15.3 Å². The third-order valence-corrected chi connectivity index (χ3v) is 10.4. The molecule has 3 nitrogen and oxygen atoms in total. The van der Waals surface area contributed by atoms with Crippen LogP contribution in [0.3, 0.4) is 0 Å². The molecule has 4 aromatic rings. The van der Waals surface area contributed by atoms with Gasteiger partial charge in [-0.25, -0.2) is 0 Å². The molecule has 48 heavy (non-hydrogen) atoms. The molecule has 4 rings (SSSR count). The third-order valence-electron chi connectivity index (χ3n) is 10.4. The summed E-state index contributed by atoms with van der Waals surface area (Å²) in [5.41, 5.74) is 16.6. The van der Waals surface area contributed by atoms with E-state index in [4.69, 9.17) is 0 Å². The summed E-state index contributed by atoms with van der Waals surface area (Å²) in [5, 5.41) is 33.0. The molecule has 258 valence electrons. The highest BCUT2D eigenvalue weighted by atomic mass is 16.3. The first-order chi connectivity index (χ1) is 21.9. The Hall–Kier alpha value is -3.72. The summed E-state index contributed by atoms with van der Waals surface area (Å²) >= 11 is 0. The van der Waals surface area contributed by atoms with Crippen molar-refractivity contribution >= 4 is 0 Å². The van der Waals surface area contributed by atoms with Crippen LogP contribution < -0.4 is 0 Å². The minimum Gasteiger partial charge on any atom is -0.507 e. The highest BCUT2D eigenvalue weighted by Crippen LogP contribution is 2.42. The van der Waals surface area contributed by atoms with Crippen LogP contribution in [0.25, 0.3) is 0 Å². The predicted molar refractivity (Wildman–Crippen MR) is 204 cm³/mol. The summed E-state index contributed by atoms with van der Waals surface area (Å²) in [6.45, 7) is 32.2. The molecule has 0 aliphatic rings. The molecule has 3 heteroatoms. The maximum Gasteiger partial charge on any atom is 0.123 e. The molecule has 0 aliphatic heterocycles. The average Bonchev–Trinajstić information content (AvgIpc) is 2.94. The van der Waals surface area contributed by atoms with Gasteiger partial charge in [-0.05, 0) is 161 Å². The first-order valence-electron chi connectivity index (χ1n) is 17.5. The molecule has 0 spiro atoms. The molecule has 0 amide bonds. The van der Waals surface area contributed by atoms with Gasteiger partial charge in [0.15, 0.2) is 0 Å². The van der Waals surface area contributed by atoms with E-state index < -0.39 is 0 Å². The van der Waals surface area contributed by atoms with E-state index in [1.54, 1.807) is 0 Å². The van der Waals surface area contributed by atoms with Gasteiger partial charge in [-0.15, -0.1) is 0 Å². The zero-order chi connectivity index (χ0) is 36.3. The van der Waals surface area contributed by atoms with Crippen LogP contribution in [0.2, 0.25) is 0 Å². The Labute approximate surface area is 291 Å². The quantitative estimate of drug-likeness (QED) is 0.195. The Kier molecular flexibility index (Phi) is 10.0. The molecular formula is C45H60O3. The molecular weight excluding hydrogens is 588 g/mol. The van der Waals surface area contributed by atoms with Crippen LogP contribution in [0.5, 0.6) is 17.2 Å². The second-order valence-corrected chi connectivity index (χ2v) is 17.5. The zero-order valence-electron chi connectivity index (χ0n) is 32.4. The number of rotatable bonds is 6. The normalized spacial score (nSPS) is 12.6. The van der Waals surface area contributed by atoms with Gasteiger partial charge in [0.25, 0.3) is 0 Å². The van der Waals surface area contributed by atoms with Gasteiger partial charge in [0, 0.05) is 0 Å². The van der Waals surface area contributed by atoms with E-state index in [9.17, 15) is 15.3 Å². The number of aromatic hydroxyl groups is 3. The summed E-state index contributed by atoms with van der Waals surface area (Å²) < 4.78 is 0. The first-order valence-corrected chi connectivity index (χ1v) is 17.5. The fourth-order valence-corrected chi connectivity index (χ4v) is 7.41. The number of hydrogen-bond donors (Lipinski definition) is 3. The minimum atomic E-state index is -0.205. The van der Waals surface area contributed by atoms with E-state index in [0.717, 1.165) is 52.6 Å². The Morgan fingerprint density at radius 1 is 0.375 bits per heavy atom. The van der Waals surface area contributed by atoms with Crippen molar-refractivity contribution in [2.75, 3.05) is 0 Å². The van der Waals surface area contributed by atoms with Gasteiger partial charge < -0.3 is 15.3 Å². The van der Waals surface area contributed by atoms with E-state index in [1.807, 2.05) is 20.8 Å². The molecule has 0 atom stereocenters. The molecule has 0 bridgehead atoms. The fourth-order valence-electron chi connectivity index (χ4n) is 7.41. The Bertz CT molecular complexity index is 1810. The van der Waals surface area contributed by atoms with E-state index in [2.05, 4.69) is 119 Å². The van der Waals surface area contributed by atoms with E-state index in [-0.39, 0.29) is 16.2 Å². The van der Waals surface area contributed by atoms with Crippen molar-refractivity contribution in [1.29, 1.82) is 0 Å². The number of aryl methyl sites for hydroxylation is 3. The van der Waals surface area contributed by atoms with Crippen molar-refractivity contribution < 1.29 is 15.3 Å². The van der Waals surface area contributed by atoms with Gasteiger partial charge in [0.1, 0.15) is 17.2 Å². The smallest absolute Gasteiger partial charge is 0.123 e. The number of phenols is 3. The lowest BCUT2D eigenvalue weighted by Crippen LogP contribution is -2.18. The third kappa shape index (κ3) is 7.46. The lowest BCUT2D eigenvalue weighted by Gasteiger charge is -2.29. The summed E-state index contributed by atoms with van der Waals surface area (Å²) in [6.07, 6.45) is 2.31. The van der Waals surface area contributed by atoms with E-state index in [0.29, 0.717) is 17.2 Å². The monoisotopic (exact) mass is 648 g/mol. The summed E-state index contributed by atoms with van der Waals surface area (Å²) in [5.74, 6) is 1.17. The molecule has 0 unspecified atom stereocenters. The number of hydrogen-bond acceptors (Lipinski definition) is 3. The molecule has 0 saturated carbocycles.